The van der Waals surface area contributed by atoms with Crippen LogP contribution in [0.1, 0.15) is 23.1 Å². The Hall–Kier alpha value is -1.59. The van der Waals surface area contributed by atoms with Crippen LogP contribution in [0.5, 0.6) is 0 Å². The van der Waals surface area contributed by atoms with Crippen molar-refractivity contribution in [3.8, 4) is 5.69 Å². The summed E-state index contributed by atoms with van der Waals surface area (Å²) in [6.45, 7) is 3.73. The number of aromatic nitrogens is 3. The summed E-state index contributed by atoms with van der Waals surface area (Å²) in [6.07, 6.45) is 0. The maximum Gasteiger partial charge on any atom is 0.360 e. The number of rotatable bonds is 3. The highest BCUT2D eigenvalue weighted by atomic mass is 35.5. The number of hydrogen-bond donors (Lipinski definition) is 0. The molecule has 0 amide bonds. The Bertz CT molecular complexity index is 625. The van der Waals surface area contributed by atoms with Crippen molar-refractivity contribution in [2.24, 2.45) is 0 Å². The van der Waals surface area contributed by atoms with Gasteiger partial charge in [0.05, 0.1) is 23.0 Å². The molecule has 0 fully saturated rings. The minimum atomic E-state index is -0.503. The van der Waals surface area contributed by atoms with E-state index in [-0.39, 0.29) is 12.3 Å². The van der Waals surface area contributed by atoms with Gasteiger partial charge in [0.2, 0.25) is 0 Å². The molecule has 0 unspecified atom stereocenters. The van der Waals surface area contributed by atoms with E-state index in [9.17, 15) is 4.79 Å². The van der Waals surface area contributed by atoms with Crippen molar-refractivity contribution in [3.05, 3.63) is 39.6 Å². The molecule has 2 rings (SSSR count). The van der Waals surface area contributed by atoms with Crippen LogP contribution in [0.15, 0.2) is 18.2 Å². The molecule has 1 heterocycles. The van der Waals surface area contributed by atoms with Gasteiger partial charge in [-0.15, -0.1) is 5.10 Å². The number of carbonyl (C=O) groups excluding carboxylic acids is 1. The van der Waals surface area contributed by atoms with Gasteiger partial charge in [-0.25, -0.2) is 9.48 Å². The van der Waals surface area contributed by atoms with Gasteiger partial charge in [0.25, 0.3) is 0 Å². The van der Waals surface area contributed by atoms with Gasteiger partial charge < -0.3 is 4.74 Å². The Kier molecular flexibility index (Phi) is 4.07. The summed E-state index contributed by atoms with van der Waals surface area (Å²) in [6, 6.07) is 5.00. The molecule has 2 aromatic rings. The van der Waals surface area contributed by atoms with Gasteiger partial charge in [-0.1, -0.05) is 28.4 Å². The summed E-state index contributed by atoms with van der Waals surface area (Å²) in [7, 11) is 0. The topological polar surface area (TPSA) is 57.0 Å². The summed E-state index contributed by atoms with van der Waals surface area (Å²) in [4.78, 5) is 11.7. The minimum Gasteiger partial charge on any atom is -0.461 e. The number of esters is 1. The molecule has 7 heteroatoms. The number of benzene rings is 1. The minimum absolute atomic E-state index is 0.174. The molecule has 1 aromatic carbocycles. The van der Waals surface area contributed by atoms with E-state index in [1.165, 1.54) is 4.68 Å². The molecule has 0 radical (unpaired) electrons. The van der Waals surface area contributed by atoms with E-state index in [2.05, 4.69) is 10.3 Å². The van der Waals surface area contributed by atoms with Crippen LogP contribution < -0.4 is 0 Å². The first-order chi connectivity index (χ1) is 9.04. The summed E-state index contributed by atoms with van der Waals surface area (Å²) in [5.41, 5.74) is 1.34. The van der Waals surface area contributed by atoms with Crippen LogP contribution in [0.4, 0.5) is 0 Å². The van der Waals surface area contributed by atoms with E-state index in [0.717, 1.165) is 0 Å². The van der Waals surface area contributed by atoms with Crippen molar-refractivity contribution < 1.29 is 9.53 Å². The molecule has 0 aliphatic heterocycles. The van der Waals surface area contributed by atoms with Gasteiger partial charge in [0.15, 0.2) is 5.69 Å². The van der Waals surface area contributed by atoms with Crippen molar-refractivity contribution in [1.29, 1.82) is 0 Å². The van der Waals surface area contributed by atoms with Crippen molar-refractivity contribution >= 4 is 29.2 Å². The van der Waals surface area contributed by atoms with Crippen molar-refractivity contribution in [1.82, 2.24) is 15.0 Å². The maximum atomic E-state index is 11.7. The zero-order valence-electron chi connectivity index (χ0n) is 10.4. The monoisotopic (exact) mass is 299 g/mol. The number of ether oxygens (including phenoxy) is 1. The smallest absolute Gasteiger partial charge is 0.360 e. The van der Waals surface area contributed by atoms with Gasteiger partial charge in [0.1, 0.15) is 0 Å². The summed E-state index contributed by atoms with van der Waals surface area (Å²) in [5.74, 6) is -0.503. The predicted octanol–water partition coefficient (Wildman–Crippen LogP) is 3.06. The molecule has 5 nitrogen and oxygen atoms in total. The van der Waals surface area contributed by atoms with Crippen LogP contribution in [-0.2, 0) is 4.74 Å². The predicted molar refractivity (Wildman–Crippen MR) is 72.1 cm³/mol. The SMILES string of the molecule is CCOC(=O)c1nnn(-c2ccc(Cl)cc2Cl)c1C. The molecule has 0 saturated heterocycles. The van der Waals surface area contributed by atoms with Crippen LogP contribution in [0.3, 0.4) is 0 Å². The van der Waals surface area contributed by atoms with Crippen LogP contribution >= 0.6 is 23.2 Å². The van der Waals surface area contributed by atoms with Crippen LogP contribution in [0.2, 0.25) is 10.0 Å². The maximum absolute atomic E-state index is 11.7. The Balaban J connectivity index is 2.44. The Morgan fingerprint density at radius 3 is 2.79 bits per heavy atom. The van der Waals surface area contributed by atoms with Crippen LogP contribution in [0, 0.1) is 6.92 Å². The highest BCUT2D eigenvalue weighted by Crippen LogP contribution is 2.25. The number of carbonyl (C=O) groups is 1. The first kappa shape index (κ1) is 13.8. The summed E-state index contributed by atoms with van der Waals surface area (Å²) >= 11 is 11.9. The second-order valence-electron chi connectivity index (χ2n) is 3.75. The lowest BCUT2D eigenvalue weighted by Crippen LogP contribution is -2.08. The summed E-state index contributed by atoms with van der Waals surface area (Å²) in [5, 5.41) is 8.69. The number of hydrogen-bond acceptors (Lipinski definition) is 4. The third-order valence-electron chi connectivity index (χ3n) is 2.50. The normalized spacial score (nSPS) is 10.5. The van der Waals surface area contributed by atoms with E-state index < -0.39 is 5.97 Å². The quantitative estimate of drug-likeness (QED) is 0.817. The molecular formula is C12H11Cl2N3O2. The Labute approximate surface area is 120 Å². The number of halogens is 2. The zero-order chi connectivity index (χ0) is 14.0. The zero-order valence-corrected chi connectivity index (χ0v) is 11.9. The lowest BCUT2D eigenvalue weighted by Gasteiger charge is -2.06. The summed E-state index contributed by atoms with van der Waals surface area (Å²) < 4.78 is 6.38. The third kappa shape index (κ3) is 2.72. The van der Waals surface area contributed by atoms with E-state index >= 15 is 0 Å². The second kappa shape index (κ2) is 5.59. The largest absolute Gasteiger partial charge is 0.461 e. The standard InChI is InChI=1S/C12H11Cl2N3O2/c1-3-19-12(18)11-7(2)17(16-15-11)10-5-4-8(13)6-9(10)14/h4-6H,3H2,1-2H3. The fourth-order valence-corrected chi connectivity index (χ4v) is 2.09. The van der Waals surface area contributed by atoms with Crippen LogP contribution in [-0.4, -0.2) is 27.6 Å². The molecule has 0 bridgehead atoms. The molecule has 1 aromatic heterocycles. The van der Waals surface area contributed by atoms with Gasteiger partial charge >= 0.3 is 5.97 Å². The molecule has 19 heavy (non-hydrogen) atoms. The highest BCUT2D eigenvalue weighted by Gasteiger charge is 2.19. The second-order valence-corrected chi connectivity index (χ2v) is 4.60. The molecule has 0 aliphatic rings. The van der Waals surface area contributed by atoms with Crippen molar-refractivity contribution in [2.45, 2.75) is 13.8 Å². The molecular weight excluding hydrogens is 289 g/mol. The fraction of sp³-hybridized carbons (Fsp3) is 0.250. The fourth-order valence-electron chi connectivity index (χ4n) is 1.60. The van der Waals surface area contributed by atoms with Crippen LogP contribution in [0.25, 0.3) is 5.69 Å². The third-order valence-corrected chi connectivity index (χ3v) is 3.04. The average Bonchev–Trinajstić information content (AvgIpc) is 2.72. The Morgan fingerprint density at radius 2 is 2.16 bits per heavy atom. The van der Waals surface area contributed by atoms with E-state index in [0.29, 0.717) is 21.4 Å². The van der Waals surface area contributed by atoms with Gasteiger partial charge in [-0.2, -0.15) is 0 Å². The van der Waals surface area contributed by atoms with Crippen molar-refractivity contribution in [2.75, 3.05) is 6.61 Å². The molecule has 0 spiro atoms. The molecule has 0 atom stereocenters. The van der Waals surface area contributed by atoms with E-state index in [1.54, 1.807) is 32.0 Å². The molecule has 0 N–H and O–H groups in total. The average molecular weight is 300 g/mol. The van der Waals surface area contributed by atoms with Gasteiger partial charge in [0, 0.05) is 5.02 Å². The first-order valence-electron chi connectivity index (χ1n) is 5.59. The lowest BCUT2D eigenvalue weighted by molar-refractivity contribution is 0.0518. The van der Waals surface area contributed by atoms with Crippen molar-refractivity contribution in [3.63, 3.8) is 0 Å². The lowest BCUT2D eigenvalue weighted by atomic mass is 10.3. The molecule has 0 saturated carbocycles. The highest BCUT2D eigenvalue weighted by molar-refractivity contribution is 6.35. The van der Waals surface area contributed by atoms with E-state index in [4.69, 9.17) is 27.9 Å². The Morgan fingerprint density at radius 1 is 1.42 bits per heavy atom. The van der Waals surface area contributed by atoms with Gasteiger partial charge in [-0.05, 0) is 32.0 Å². The number of nitrogens with zero attached hydrogens (tertiary/aromatic N) is 3. The van der Waals surface area contributed by atoms with Gasteiger partial charge in [-0.3, -0.25) is 0 Å². The van der Waals surface area contributed by atoms with E-state index in [1.807, 2.05) is 0 Å². The molecule has 0 aliphatic carbocycles. The molecule has 100 valence electrons. The first-order valence-corrected chi connectivity index (χ1v) is 6.35.